The first-order valence-corrected chi connectivity index (χ1v) is 9.86. The number of methoxy groups -OCH3 is 1. The highest BCUT2D eigenvalue weighted by Gasteiger charge is 2.03. The van der Waals surface area contributed by atoms with E-state index in [0.29, 0.717) is 32.3 Å². The molecule has 0 aliphatic carbocycles. The average molecular weight is 536 g/mol. The quantitative estimate of drug-likeness (QED) is 0.179. The third-order valence-electron chi connectivity index (χ3n) is 4.34. The van der Waals surface area contributed by atoms with E-state index in [1.165, 1.54) is 5.56 Å². The molecule has 2 N–H and O–H groups in total. The second kappa shape index (κ2) is 13.6. The zero-order valence-corrected chi connectivity index (χ0v) is 20.2. The van der Waals surface area contributed by atoms with Gasteiger partial charge in [-0.25, -0.2) is 9.67 Å². The summed E-state index contributed by atoms with van der Waals surface area (Å²) in [5.74, 6) is 1.50. The molecule has 8 nitrogen and oxygen atoms in total. The fraction of sp³-hybridized carbons (Fsp3) is 0.318. The number of hydrogen-bond donors (Lipinski definition) is 2. The molecule has 0 unspecified atom stereocenters. The Morgan fingerprint density at radius 2 is 1.94 bits per heavy atom. The first-order valence-electron chi connectivity index (χ1n) is 9.86. The van der Waals surface area contributed by atoms with Crippen LogP contribution in [0.4, 0.5) is 5.69 Å². The Balaban J connectivity index is 0.00000341. The topological polar surface area (TPSA) is 85.6 Å². The van der Waals surface area contributed by atoms with Gasteiger partial charge in [-0.1, -0.05) is 30.3 Å². The van der Waals surface area contributed by atoms with Crippen LogP contribution in [0.25, 0.3) is 0 Å². The Morgan fingerprint density at radius 3 is 2.71 bits per heavy atom. The van der Waals surface area contributed by atoms with Gasteiger partial charge in [0.2, 0.25) is 0 Å². The van der Waals surface area contributed by atoms with Crippen molar-refractivity contribution in [1.82, 2.24) is 20.1 Å². The number of hydrogen-bond acceptors (Lipinski definition) is 5. The monoisotopic (exact) mass is 536 g/mol. The molecule has 0 amide bonds. The second-order valence-corrected chi connectivity index (χ2v) is 6.69. The molecule has 1 heterocycles. The predicted octanol–water partition coefficient (Wildman–Crippen LogP) is 3.55. The Hall–Kier alpha value is -2.66. The summed E-state index contributed by atoms with van der Waals surface area (Å²) in [7, 11) is 3.44. The van der Waals surface area contributed by atoms with Crippen LogP contribution >= 0.6 is 24.0 Å². The fourth-order valence-corrected chi connectivity index (χ4v) is 2.90. The normalized spacial score (nSPS) is 11.0. The van der Waals surface area contributed by atoms with Crippen LogP contribution in [-0.2, 0) is 17.8 Å². The van der Waals surface area contributed by atoms with Gasteiger partial charge in [-0.05, 0) is 23.3 Å². The van der Waals surface area contributed by atoms with Crippen molar-refractivity contribution in [3.05, 3.63) is 72.3 Å². The van der Waals surface area contributed by atoms with E-state index in [4.69, 9.17) is 9.47 Å². The minimum Gasteiger partial charge on any atom is -0.493 e. The Bertz CT molecular complexity index is 933. The lowest BCUT2D eigenvalue weighted by atomic mass is 10.1. The summed E-state index contributed by atoms with van der Waals surface area (Å²) in [5.41, 5.74) is 3.24. The van der Waals surface area contributed by atoms with Crippen LogP contribution in [0.1, 0.15) is 17.5 Å². The van der Waals surface area contributed by atoms with Crippen molar-refractivity contribution < 1.29 is 9.47 Å². The second-order valence-electron chi connectivity index (χ2n) is 6.69. The van der Waals surface area contributed by atoms with Crippen molar-refractivity contribution >= 4 is 35.6 Å². The lowest BCUT2D eigenvalue weighted by molar-refractivity contribution is 0.172. The van der Waals surface area contributed by atoms with Crippen molar-refractivity contribution in [2.75, 3.05) is 32.7 Å². The van der Waals surface area contributed by atoms with Gasteiger partial charge < -0.3 is 20.1 Å². The van der Waals surface area contributed by atoms with E-state index < -0.39 is 0 Å². The van der Waals surface area contributed by atoms with E-state index in [9.17, 15) is 0 Å². The summed E-state index contributed by atoms with van der Waals surface area (Å²) in [6, 6.07) is 16.2. The molecule has 0 fully saturated rings. The van der Waals surface area contributed by atoms with Gasteiger partial charge in [0.15, 0.2) is 5.96 Å². The van der Waals surface area contributed by atoms with Crippen LogP contribution in [0.2, 0.25) is 0 Å². The number of rotatable bonds is 10. The number of nitrogens with one attached hydrogen (secondary N) is 2. The molecule has 2 aromatic carbocycles. The zero-order valence-electron chi connectivity index (χ0n) is 17.8. The molecule has 166 valence electrons. The van der Waals surface area contributed by atoms with Crippen LogP contribution in [0.3, 0.4) is 0 Å². The van der Waals surface area contributed by atoms with Gasteiger partial charge in [0.05, 0.1) is 13.2 Å². The summed E-state index contributed by atoms with van der Waals surface area (Å²) in [6.07, 6.45) is 4.11. The Labute approximate surface area is 200 Å². The van der Waals surface area contributed by atoms with Gasteiger partial charge in [-0.15, -0.1) is 24.0 Å². The minimum absolute atomic E-state index is 0. The van der Waals surface area contributed by atoms with E-state index in [-0.39, 0.29) is 24.0 Å². The Kier molecular flexibility index (Phi) is 10.8. The maximum absolute atomic E-state index is 5.76. The fourth-order valence-electron chi connectivity index (χ4n) is 2.90. The van der Waals surface area contributed by atoms with Crippen molar-refractivity contribution in [2.24, 2.45) is 4.99 Å². The molecule has 0 radical (unpaired) electrons. The first kappa shape index (κ1) is 24.6. The van der Waals surface area contributed by atoms with E-state index >= 15 is 0 Å². The number of ether oxygens (including phenoxy) is 2. The van der Waals surface area contributed by atoms with E-state index in [1.807, 2.05) is 30.3 Å². The Morgan fingerprint density at radius 1 is 1.10 bits per heavy atom. The largest absolute Gasteiger partial charge is 0.493 e. The average Bonchev–Trinajstić information content (AvgIpc) is 3.28. The van der Waals surface area contributed by atoms with Crippen LogP contribution < -0.4 is 15.4 Å². The molecule has 0 saturated carbocycles. The SMILES string of the molecule is CN=C(NCc1cccc(Cn2cncn2)c1)Nc1cccc(OCCCOC)c1.I. The van der Waals surface area contributed by atoms with Gasteiger partial charge in [0.1, 0.15) is 18.4 Å². The number of halogens is 1. The van der Waals surface area contributed by atoms with Gasteiger partial charge in [-0.3, -0.25) is 4.99 Å². The van der Waals surface area contributed by atoms with Gasteiger partial charge in [0, 0.05) is 45.5 Å². The summed E-state index contributed by atoms with van der Waals surface area (Å²) in [5, 5.41) is 10.8. The molecule has 1 aromatic heterocycles. The predicted molar refractivity (Wildman–Crippen MR) is 133 cm³/mol. The van der Waals surface area contributed by atoms with Crippen molar-refractivity contribution in [2.45, 2.75) is 19.5 Å². The number of anilines is 1. The van der Waals surface area contributed by atoms with Crippen LogP contribution in [0.5, 0.6) is 5.75 Å². The molecule has 0 saturated heterocycles. The highest BCUT2D eigenvalue weighted by atomic mass is 127. The lowest BCUT2D eigenvalue weighted by Gasteiger charge is -2.14. The third kappa shape index (κ3) is 8.54. The third-order valence-corrected chi connectivity index (χ3v) is 4.34. The van der Waals surface area contributed by atoms with Crippen molar-refractivity contribution in [3.8, 4) is 5.75 Å². The van der Waals surface area contributed by atoms with E-state index in [1.54, 1.807) is 31.5 Å². The number of aromatic nitrogens is 3. The van der Waals surface area contributed by atoms with E-state index in [2.05, 4.69) is 43.9 Å². The highest BCUT2D eigenvalue weighted by Crippen LogP contribution is 2.17. The summed E-state index contributed by atoms with van der Waals surface area (Å²) in [4.78, 5) is 8.30. The maximum Gasteiger partial charge on any atom is 0.195 e. The zero-order chi connectivity index (χ0) is 21.0. The first-order chi connectivity index (χ1) is 14.8. The van der Waals surface area contributed by atoms with Gasteiger partial charge in [-0.2, -0.15) is 5.10 Å². The molecular weight excluding hydrogens is 507 g/mol. The standard InChI is InChI=1S/C22H28N6O2.HI/c1-23-22(27-20-8-4-9-21(13-20)30-11-5-10-29-2)25-14-18-6-3-7-19(12-18)15-28-17-24-16-26-28;/h3-4,6-9,12-13,16-17H,5,10-11,14-15H2,1-2H3,(H2,23,25,27);1H. The number of guanidine groups is 1. The number of aliphatic imine (C=N–C) groups is 1. The van der Waals surface area contributed by atoms with Crippen LogP contribution in [-0.4, -0.2) is 48.1 Å². The van der Waals surface area contributed by atoms with Crippen LogP contribution in [0.15, 0.2) is 66.2 Å². The molecule has 0 bridgehead atoms. The minimum atomic E-state index is 0. The molecule has 0 spiro atoms. The molecule has 9 heteroatoms. The smallest absolute Gasteiger partial charge is 0.195 e. The number of nitrogens with zero attached hydrogens (tertiary/aromatic N) is 4. The summed E-state index contributed by atoms with van der Waals surface area (Å²) >= 11 is 0. The maximum atomic E-state index is 5.76. The molecular formula is C22H29IN6O2. The highest BCUT2D eigenvalue weighted by molar-refractivity contribution is 14.0. The van der Waals surface area contributed by atoms with E-state index in [0.717, 1.165) is 23.4 Å². The molecule has 0 aliphatic heterocycles. The molecule has 3 aromatic rings. The molecule has 0 atom stereocenters. The lowest BCUT2D eigenvalue weighted by Crippen LogP contribution is -2.30. The number of benzene rings is 2. The van der Waals surface area contributed by atoms with Gasteiger partial charge in [0.25, 0.3) is 0 Å². The summed E-state index contributed by atoms with van der Waals surface area (Å²) in [6.45, 7) is 2.65. The molecule has 0 aliphatic rings. The van der Waals surface area contributed by atoms with Gasteiger partial charge >= 0.3 is 0 Å². The summed E-state index contributed by atoms with van der Waals surface area (Å²) < 4.78 is 12.6. The van der Waals surface area contributed by atoms with Crippen LogP contribution in [0, 0.1) is 0 Å². The van der Waals surface area contributed by atoms with Crippen molar-refractivity contribution in [3.63, 3.8) is 0 Å². The molecule has 3 rings (SSSR count). The molecule has 31 heavy (non-hydrogen) atoms. The van der Waals surface area contributed by atoms with Crippen molar-refractivity contribution in [1.29, 1.82) is 0 Å².